The molecule has 0 bridgehead atoms. The molecule has 5 nitrogen and oxygen atoms in total. The zero-order valence-corrected chi connectivity index (χ0v) is 15.4. The first-order valence-electron chi connectivity index (χ1n) is 8.04. The topological polar surface area (TPSA) is 72.5 Å². The van der Waals surface area contributed by atoms with Crippen LogP contribution in [0.25, 0.3) is 0 Å². The van der Waals surface area contributed by atoms with Crippen molar-refractivity contribution in [2.45, 2.75) is 31.2 Å². The second-order valence-corrected chi connectivity index (χ2v) is 7.76. The van der Waals surface area contributed by atoms with Gasteiger partial charge in [-0.1, -0.05) is 55.0 Å². The number of carbonyl (C=O) groups is 1. The fraction of sp³-hybridized carbons (Fsp3) is 0.316. The minimum atomic E-state index is -3.74. The van der Waals surface area contributed by atoms with Gasteiger partial charge in [0.1, 0.15) is 0 Å². The summed E-state index contributed by atoms with van der Waals surface area (Å²) in [5.74, 6) is -1.07. The van der Waals surface area contributed by atoms with Crippen LogP contribution in [-0.4, -0.2) is 27.5 Å². The van der Waals surface area contributed by atoms with Gasteiger partial charge in [0, 0.05) is 6.04 Å². The molecule has 0 unspecified atom stereocenters. The van der Waals surface area contributed by atoms with E-state index in [1.165, 1.54) is 7.11 Å². The number of rotatable bonds is 7. The normalized spacial score (nSPS) is 13.9. The van der Waals surface area contributed by atoms with Gasteiger partial charge in [-0.3, -0.25) is 4.79 Å². The summed E-state index contributed by atoms with van der Waals surface area (Å²) in [5, 5.41) is 0. The summed E-state index contributed by atoms with van der Waals surface area (Å²) in [5.41, 5.74) is 1.91. The molecule has 2 atom stereocenters. The van der Waals surface area contributed by atoms with Gasteiger partial charge in [-0.25, -0.2) is 13.1 Å². The molecule has 0 heterocycles. The molecule has 0 spiro atoms. The molecule has 0 aromatic heterocycles. The Hall–Kier alpha value is -2.18. The minimum absolute atomic E-state index is 0.174. The molecule has 6 heteroatoms. The number of nitrogens with one attached hydrogen (secondary N) is 1. The van der Waals surface area contributed by atoms with Crippen LogP contribution in [-0.2, 0) is 26.0 Å². The van der Waals surface area contributed by atoms with Crippen LogP contribution in [0.3, 0.4) is 0 Å². The zero-order valence-electron chi connectivity index (χ0n) is 14.6. The fourth-order valence-corrected chi connectivity index (χ4v) is 3.84. The standard InChI is InChI=1S/C19H23NO4S/c1-14-9-11-17(12-10-14)25(22,23)20-18(15(2)19(21)24-3)13-16-7-5-4-6-8-16/h4-12,15,18,20H,13H2,1-3H3/t15-,18-/m0/s1. The Morgan fingerprint density at radius 1 is 1.08 bits per heavy atom. The molecule has 0 saturated carbocycles. The number of benzene rings is 2. The van der Waals surface area contributed by atoms with Crippen molar-refractivity contribution in [2.24, 2.45) is 5.92 Å². The third-order valence-corrected chi connectivity index (χ3v) is 5.62. The van der Waals surface area contributed by atoms with Crippen molar-refractivity contribution in [2.75, 3.05) is 7.11 Å². The zero-order chi connectivity index (χ0) is 18.4. The Labute approximate surface area is 149 Å². The lowest BCUT2D eigenvalue weighted by Crippen LogP contribution is -2.44. The van der Waals surface area contributed by atoms with E-state index in [4.69, 9.17) is 4.74 Å². The van der Waals surface area contributed by atoms with E-state index in [2.05, 4.69) is 4.72 Å². The Balaban J connectivity index is 2.28. The van der Waals surface area contributed by atoms with Gasteiger partial charge in [-0.05, 0) is 31.0 Å². The first-order valence-corrected chi connectivity index (χ1v) is 9.52. The summed E-state index contributed by atoms with van der Waals surface area (Å²) >= 11 is 0. The maximum atomic E-state index is 12.7. The minimum Gasteiger partial charge on any atom is -0.469 e. The van der Waals surface area contributed by atoms with Crippen LogP contribution in [0.15, 0.2) is 59.5 Å². The Kier molecular flexibility index (Phi) is 6.33. The van der Waals surface area contributed by atoms with Crippen LogP contribution in [0.1, 0.15) is 18.1 Å². The number of aryl methyl sites for hydroxylation is 1. The number of esters is 1. The van der Waals surface area contributed by atoms with Gasteiger partial charge >= 0.3 is 5.97 Å². The monoisotopic (exact) mass is 361 g/mol. The molecule has 2 aromatic carbocycles. The second-order valence-electron chi connectivity index (χ2n) is 6.04. The van der Waals surface area contributed by atoms with E-state index in [9.17, 15) is 13.2 Å². The molecule has 1 N–H and O–H groups in total. The van der Waals surface area contributed by atoms with Gasteiger partial charge in [0.05, 0.1) is 17.9 Å². The molecule has 0 aliphatic rings. The van der Waals surface area contributed by atoms with Crippen molar-refractivity contribution < 1.29 is 17.9 Å². The molecule has 2 aromatic rings. The van der Waals surface area contributed by atoms with Crippen LogP contribution in [0, 0.1) is 12.8 Å². The maximum absolute atomic E-state index is 12.7. The molecule has 0 saturated heterocycles. The van der Waals surface area contributed by atoms with Gasteiger partial charge < -0.3 is 4.74 Å². The summed E-state index contributed by atoms with van der Waals surface area (Å²) in [6, 6.07) is 15.4. The van der Waals surface area contributed by atoms with E-state index in [1.807, 2.05) is 37.3 Å². The van der Waals surface area contributed by atoms with Gasteiger partial charge in [0.25, 0.3) is 0 Å². The third kappa shape index (κ3) is 5.14. The quantitative estimate of drug-likeness (QED) is 0.770. The highest BCUT2D eigenvalue weighted by Crippen LogP contribution is 2.17. The van der Waals surface area contributed by atoms with E-state index < -0.39 is 28.0 Å². The molecule has 2 rings (SSSR count). The SMILES string of the molecule is COC(=O)[C@@H](C)[C@H](Cc1ccccc1)NS(=O)(=O)c1ccc(C)cc1. The first kappa shape index (κ1) is 19.1. The third-order valence-electron chi connectivity index (χ3n) is 4.11. The van der Waals surface area contributed by atoms with Gasteiger partial charge in [0.2, 0.25) is 10.0 Å². The summed E-state index contributed by atoms with van der Waals surface area (Å²) in [6.07, 6.45) is 0.391. The number of sulfonamides is 1. The molecular formula is C19H23NO4S. The van der Waals surface area contributed by atoms with Crippen LogP contribution in [0.2, 0.25) is 0 Å². The Morgan fingerprint density at radius 2 is 1.68 bits per heavy atom. The van der Waals surface area contributed by atoms with Crippen LogP contribution >= 0.6 is 0 Å². The van der Waals surface area contributed by atoms with Crippen molar-refractivity contribution in [3.8, 4) is 0 Å². The number of carbonyl (C=O) groups excluding carboxylic acids is 1. The van der Waals surface area contributed by atoms with E-state index >= 15 is 0 Å². The second kappa shape index (κ2) is 8.27. The molecule has 0 aliphatic heterocycles. The summed E-state index contributed by atoms with van der Waals surface area (Å²) < 4.78 is 32.8. The van der Waals surface area contributed by atoms with Gasteiger partial charge in [-0.15, -0.1) is 0 Å². The molecule has 25 heavy (non-hydrogen) atoms. The summed E-state index contributed by atoms with van der Waals surface area (Å²) in [7, 11) is -2.44. The highest BCUT2D eigenvalue weighted by molar-refractivity contribution is 7.89. The van der Waals surface area contributed by atoms with Crippen LogP contribution < -0.4 is 4.72 Å². The average Bonchev–Trinajstić information content (AvgIpc) is 2.61. The highest BCUT2D eigenvalue weighted by atomic mass is 32.2. The lowest BCUT2D eigenvalue weighted by atomic mass is 9.96. The average molecular weight is 361 g/mol. The smallest absolute Gasteiger partial charge is 0.310 e. The number of hydrogen-bond donors (Lipinski definition) is 1. The predicted molar refractivity (Wildman–Crippen MR) is 96.6 cm³/mol. The van der Waals surface area contributed by atoms with Crippen molar-refractivity contribution in [1.82, 2.24) is 4.72 Å². The van der Waals surface area contributed by atoms with Crippen molar-refractivity contribution in [3.63, 3.8) is 0 Å². The predicted octanol–water partition coefficient (Wildman–Crippen LogP) is 2.69. The Morgan fingerprint density at radius 3 is 2.24 bits per heavy atom. The van der Waals surface area contributed by atoms with Crippen molar-refractivity contribution >= 4 is 16.0 Å². The molecule has 0 amide bonds. The van der Waals surface area contributed by atoms with Crippen LogP contribution in [0.4, 0.5) is 0 Å². The fourth-order valence-electron chi connectivity index (χ4n) is 2.52. The first-order chi connectivity index (χ1) is 11.8. The summed E-state index contributed by atoms with van der Waals surface area (Å²) in [4.78, 5) is 12.1. The van der Waals surface area contributed by atoms with E-state index in [0.29, 0.717) is 6.42 Å². The molecular weight excluding hydrogens is 338 g/mol. The molecule has 0 radical (unpaired) electrons. The van der Waals surface area contributed by atoms with Gasteiger partial charge in [-0.2, -0.15) is 0 Å². The van der Waals surface area contributed by atoms with E-state index in [1.54, 1.807) is 31.2 Å². The number of hydrogen-bond acceptors (Lipinski definition) is 4. The van der Waals surface area contributed by atoms with Crippen LogP contribution in [0.5, 0.6) is 0 Å². The van der Waals surface area contributed by atoms with E-state index in [-0.39, 0.29) is 4.90 Å². The summed E-state index contributed by atoms with van der Waals surface area (Å²) in [6.45, 7) is 3.55. The molecule has 0 aliphatic carbocycles. The molecule has 134 valence electrons. The van der Waals surface area contributed by atoms with E-state index in [0.717, 1.165) is 11.1 Å². The van der Waals surface area contributed by atoms with Crippen molar-refractivity contribution in [1.29, 1.82) is 0 Å². The Bertz CT molecular complexity index is 801. The number of methoxy groups -OCH3 is 1. The maximum Gasteiger partial charge on any atom is 0.310 e. The molecule has 0 fully saturated rings. The lowest BCUT2D eigenvalue weighted by molar-refractivity contribution is -0.145. The lowest BCUT2D eigenvalue weighted by Gasteiger charge is -2.23. The van der Waals surface area contributed by atoms with Crippen molar-refractivity contribution in [3.05, 3.63) is 65.7 Å². The number of ether oxygens (including phenoxy) is 1. The highest BCUT2D eigenvalue weighted by Gasteiger charge is 2.29. The van der Waals surface area contributed by atoms with Gasteiger partial charge in [0.15, 0.2) is 0 Å². The largest absolute Gasteiger partial charge is 0.469 e.